The topological polar surface area (TPSA) is 83.7 Å². The van der Waals surface area contributed by atoms with Crippen molar-refractivity contribution in [3.05, 3.63) is 88.0 Å². The molecule has 1 fully saturated rings. The molecule has 3 heterocycles. The maximum absolute atomic E-state index is 13.6. The highest BCUT2D eigenvalue weighted by Gasteiger charge is 2.40. The first-order valence-corrected chi connectivity index (χ1v) is 12.9. The summed E-state index contributed by atoms with van der Waals surface area (Å²) in [6, 6.07) is 6.88. The summed E-state index contributed by atoms with van der Waals surface area (Å²) in [6.07, 6.45) is 3.29. The number of allylic oxidation sites excluding steroid dienone is 1. The van der Waals surface area contributed by atoms with Gasteiger partial charge in [-0.2, -0.15) is 13.2 Å². The maximum atomic E-state index is 13.6. The SMILES string of the molecule is CCOC1(c2cccnc2)C=CC(N2CCN(C(=O)c3ccc(Cl)cc3C(F)(F)F)C[C@H]2CC)=C(CN)N1. The normalized spacial score (nSPS) is 22.0. The molecule has 1 aromatic carbocycles. The first-order chi connectivity index (χ1) is 18.1. The van der Waals surface area contributed by atoms with E-state index in [1.54, 1.807) is 12.4 Å². The van der Waals surface area contributed by atoms with Crippen molar-refractivity contribution >= 4 is 17.5 Å². The average molecular weight is 550 g/mol. The molecule has 4 rings (SSSR count). The van der Waals surface area contributed by atoms with Gasteiger partial charge in [0, 0.05) is 61.8 Å². The van der Waals surface area contributed by atoms with Crippen LogP contribution in [0.2, 0.25) is 5.02 Å². The van der Waals surface area contributed by atoms with Crippen molar-refractivity contribution in [1.82, 2.24) is 20.1 Å². The summed E-state index contributed by atoms with van der Waals surface area (Å²) in [4.78, 5) is 21.1. The Morgan fingerprint density at radius 3 is 2.71 bits per heavy atom. The first kappa shape index (κ1) is 27.9. The molecule has 7 nitrogen and oxygen atoms in total. The lowest BCUT2D eigenvalue weighted by Crippen LogP contribution is -2.56. The molecule has 2 aliphatic rings. The van der Waals surface area contributed by atoms with Crippen molar-refractivity contribution in [3.8, 4) is 0 Å². The van der Waals surface area contributed by atoms with Gasteiger partial charge in [0.2, 0.25) is 0 Å². The predicted octanol–water partition coefficient (Wildman–Crippen LogP) is 4.51. The zero-order valence-electron chi connectivity index (χ0n) is 21.3. The van der Waals surface area contributed by atoms with Crippen molar-refractivity contribution in [3.63, 3.8) is 0 Å². The van der Waals surface area contributed by atoms with Gasteiger partial charge in [0.1, 0.15) is 0 Å². The van der Waals surface area contributed by atoms with Crippen molar-refractivity contribution in [2.24, 2.45) is 5.73 Å². The number of aromatic nitrogens is 1. The predicted molar refractivity (Wildman–Crippen MR) is 139 cm³/mol. The van der Waals surface area contributed by atoms with E-state index in [9.17, 15) is 18.0 Å². The molecular formula is C27H31ClF3N5O2. The molecule has 1 saturated heterocycles. The molecule has 0 aliphatic carbocycles. The monoisotopic (exact) mass is 549 g/mol. The standard InChI is InChI=1S/C27H31ClF3N5O2/c1-3-20-17-35(25(37)21-8-7-19(28)14-22(21)27(29,30)31)12-13-36(20)24-9-10-26(38-4-2,34-23(24)15-32)18-6-5-11-33-16-18/h5-11,14,16,20,34H,3-4,12-13,15,17,32H2,1-2H3/t20-,26?/m1/s1. The van der Waals surface area contributed by atoms with E-state index >= 15 is 0 Å². The summed E-state index contributed by atoms with van der Waals surface area (Å²) < 4.78 is 47.0. The van der Waals surface area contributed by atoms with E-state index < -0.39 is 28.9 Å². The Bertz CT molecular complexity index is 1220. The van der Waals surface area contributed by atoms with Crippen LogP contribution in [0.25, 0.3) is 0 Å². The van der Waals surface area contributed by atoms with Gasteiger partial charge in [0.15, 0.2) is 5.72 Å². The largest absolute Gasteiger partial charge is 0.417 e. The second kappa shape index (κ2) is 11.3. The van der Waals surface area contributed by atoms with Crippen LogP contribution in [0, 0.1) is 0 Å². The fourth-order valence-corrected chi connectivity index (χ4v) is 5.18. The Kier molecular flexibility index (Phi) is 8.34. The summed E-state index contributed by atoms with van der Waals surface area (Å²) in [5, 5.41) is 3.39. The lowest BCUT2D eigenvalue weighted by atomic mass is 9.97. The van der Waals surface area contributed by atoms with Crippen LogP contribution in [0.1, 0.15) is 41.8 Å². The van der Waals surface area contributed by atoms with Gasteiger partial charge in [0.25, 0.3) is 5.91 Å². The maximum Gasteiger partial charge on any atom is 0.417 e. The number of halogens is 4. The van der Waals surface area contributed by atoms with Crippen LogP contribution in [0.15, 0.2) is 66.3 Å². The third-order valence-electron chi connectivity index (χ3n) is 6.86. The Morgan fingerprint density at radius 1 is 1.29 bits per heavy atom. The molecule has 0 spiro atoms. The van der Waals surface area contributed by atoms with E-state index in [0.29, 0.717) is 19.6 Å². The number of carbonyl (C=O) groups excluding carboxylic acids is 1. The van der Waals surface area contributed by atoms with Gasteiger partial charge in [-0.15, -0.1) is 0 Å². The first-order valence-electron chi connectivity index (χ1n) is 12.5. The number of hydrogen-bond donors (Lipinski definition) is 2. The summed E-state index contributed by atoms with van der Waals surface area (Å²) >= 11 is 5.80. The van der Waals surface area contributed by atoms with Gasteiger partial charge in [-0.1, -0.05) is 24.6 Å². The fraction of sp³-hybridized carbons (Fsp3) is 0.407. The third kappa shape index (κ3) is 5.52. The highest BCUT2D eigenvalue weighted by Crippen LogP contribution is 2.36. The van der Waals surface area contributed by atoms with E-state index in [-0.39, 0.29) is 30.7 Å². The smallest absolute Gasteiger partial charge is 0.364 e. The average Bonchev–Trinajstić information content (AvgIpc) is 2.92. The zero-order valence-corrected chi connectivity index (χ0v) is 22.0. The number of nitrogens with zero attached hydrogens (tertiary/aromatic N) is 3. The molecule has 0 bridgehead atoms. The molecule has 0 saturated carbocycles. The van der Waals surface area contributed by atoms with Gasteiger partial charge < -0.3 is 25.6 Å². The Hall–Kier alpha value is -3.08. The zero-order chi connectivity index (χ0) is 27.5. The number of ether oxygens (including phenoxy) is 1. The fourth-order valence-electron chi connectivity index (χ4n) is 5.01. The van der Waals surface area contributed by atoms with E-state index in [2.05, 4.69) is 15.2 Å². The number of alkyl halides is 3. The molecule has 0 radical (unpaired) electrons. The van der Waals surface area contributed by atoms with Gasteiger partial charge in [-0.3, -0.25) is 9.78 Å². The quantitative estimate of drug-likeness (QED) is 0.529. The third-order valence-corrected chi connectivity index (χ3v) is 7.09. The van der Waals surface area contributed by atoms with Gasteiger partial charge in [-0.25, -0.2) is 0 Å². The molecule has 2 aromatic rings. The minimum atomic E-state index is -4.69. The second-order valence-corrected chi connectivity index (χ2v) is 9.57. The molecule has 2 atom stereocenters. The van der Waals surface area contributed by atoms with Crippen LogP contribution >= 0.6 is 11.6 Å². The van der Waals surface area contributed by atoms with Crippen LogP contribution in [0.3, 0.4) is 0 Å². The minimum absolute atomic E-state index is 0.0719. The van der Waals surface area contributed by atoms with E-state index in [1.165, 1.54) is 11.0 Å². The van der Waals surface area contributed by atoms with Crippen LogP contribution in [0.5, 0.6) is 0 Å². The lowest BCUT2D eigenvalue weighted by Gasteiger charge is -2.46. The molecule has 1 amide bonds. The molecule has 11 heteroatoms. The number of nitrogens with one attached hydrogen (secondary N) is 1. The molecule has 1 aromatic heterocycles. The molecule has 2 aliphatic heterocycles. The highest BCUT2D eigenvalue weighted by molar-refractivity contribution is 6.30. The number of pyridine rings is 1. The number of rotatable bonds is 7. The number of amides is 1. The number of hydrogen-bond acceptors (Lipinski definition) is 6. The van der Waals surface area contributed by atoms with Gasteiger partial charge in [-0.05, 0) is 49.8 Å². The van der Waals surface area contributed by atoms with Crippen molar-refractivity contribution < 1.29 is 22.7 Å². The lowest BCUT2D eigenvalue weighted by molar-refractivity contribution is -0.138. The summed E-state index contributed by atoms with van der Waals surface area (Å²) in [5.74, 6) is -0.663. The van der Waals surface area contributed by atoms with Crippen molar-refractivity contribution in [2.75, 3.05) is 32.8 Å². The van der Waals surface area contributed by atoms with E-state index in [0.717, 1.165) is 29.1 Å². The number of carbonyl (C=O) groups is 1. The summed E-state index contributed by atoms with van der Waals surface area (Å²) in [7, 11) is 0. The van der Waals surface area contributed by atoms with E-state index in [1.807, 2.05) is 38.1 Å². The van der Waals surface area contributed by atoms with E-state index in [4.69, 9.17) is 22.1 Å². The number of dihydropyridines is 1. The van der Waals surface area contributed by atoms with Gasteiger partial charge in [0.05, 0.1) is 22.5 Å². The molecular weight excluding hydrogens is 519 g/mol. The summed E-state index contributed by atoms with van der Waals surface area (Å²) in [6.45, 7) is 5.50. The molecule has 1 unspecified atom stereocenters. The highest BCUT2D eigenvalue weighted by atomic mass is 35.5. The molecule has 38 heavy (non-hydrogen) atoms. The molecule has 3 N–H and O–H groups in total. The Labute approximate surface area is 225 Å². The van der Waals surface area contributed by atoms with Crippen LogP contribution < -0.4 is 11.1 Å². The van der Waals surface area contributed by atoms with Crippen molar-refractivity contribution in [1.29, 1.82) is 0 Å². The van der Waals surface area contributed by atoms with Crippen LogP contribution in [0.4, 0.5) is 13.2 Å². The number of nitrogens with two attached hydrogens (primary N) is 1. The van der Waals surface area contributed by atoms with Gasteiger partial charge >= 0.3 is 6.18 Å². The number of benzene rings is 1. The van der Waals surface area contributed by atoms with Crippen LogP contribution in [-0.2, 0) is 16.6 Å². The minimum Gasteiger partial charge on any atom is -0.364 e. The van der Waals surface area contributed by atoms with Crippen molar-refractivity contribution in [2.45, 2.75) is 38.2 Å². The molecule has 204 valence electrons. The van der Waals surface area contributed by atoms with Crippen LogP contribution in [-0.4, -0.2) is 59.5 Å². The summed E-state index contributed by atoms with van der Waals surface area (Å²) in [5.41, 5.74) is 6.28. The number of piperazine rings is 1. The Morgan fingerprint density at radius 2 is 2.08 bits per heavy atom. The Balaban J connectivity index is 1.59. The second-order valence-electron chi connectivity index (χ2n) is 9.13.